The topological polar surface area (TPSA) is 37.8 Å². The lowest BCUT2D eigenvalue weighted by Gasteiger charge is -2.07. The molecule has 0 saturated carbocycles. The van der Waals surface area contributed by atoms with Gasteiger partial charge in [-0.25, -0.2) is 9.97 Å². The Morgan fingerprint density at radius 3 is 2.70 bits per heavy atom. The Kier molecular flexibility index (Phi) is 3.65. The van der Waals surface area contributed by atoms with Crippen LogP contribution in [0, 0.1) is 6.92 Å². The maximum absolute atomic E-state index is 4.71. The van der Waals surface area contributed by atoms with Crippen molar-refractivity contribution in [3.63, 3.8) is 0 Å². The van der Waals surface area contributed by atoms with Crippen LogP contribution in [0.3, 0.4) is 0 Å². The number of anilines is 1. The van der Waals surface area contributed by atoms with Gasteiger partial charge in [0.05, 0.1) is 5.39 Å². The fourth-order valence-corrected chi connectivity index (χ4v) is 3.02. The lowest BCUT2D eigenvalue weighted by molar-refractivity contribution is 0.971. The summed E-state index contributed by atoms with van der Waals surface area (Å²) in [6, 6.07) is 12.3. The Labute approximate surface area is 122 Å². The van der Waals surface area contributed by atoms with Crippen molar-refractivity contribution >= 4 is 27.4 Å². The number of rotatable bonds is 4. The molecule has 0 radical (unpaired) electrons. The summed E-state index contributed by atoms with van der Waals surface area (Å²) in [5.74, 6) is 1.73. The lowest BCUT2D eigenvalue weighted by atomic mass is 10.2. The van der Waals surface area contributed by atoms with Gasteiger partial charge in [0.2, 0.25) is 0 Å². The molecule has 20 heavy (non-hydrogen) atoms. The molecule has 0 bridgehead atoms. The fraction of sp³-hybridized carbons (Fsp3) is 0.250. The summed E-state index contributed by atoms with van der Waals surface area (Å²) in [4.78, 5) is 11.7. The van der Waals surface area contributed by atoms with Gasteiger partial charge in [0.25, 0.3) is 0 Å². The van der Waals surface area contributed by atoms with Gasteiger partial charge in [-0.05, 0) is 19.4 Å². The molecule has 0 fully saturated rings. The first kappa shape index (κ1) is 13.1. The maximum atomic E-state index is 4.71. The highest BCUT2D eigenvalue weighted by atomic mass is 32.1. The second kappa shape index (κ2) is 5.59. The third-order valence-electron chi connectivity index (χ3n) is 3.09. The van der Waals surface area contributed by atoms with E-state index in [0.29, 0.717) is 0 Å². The summed E-state index contributed by atoms with van der Waals surface area (Å²) in [5, 5.41) is 4.54. The monoisotopic (exact) mass is 283 g/mol. The Balaban J connectivity index is 2.14. The molecule has 4 heteroatoms. The molecule has 0 amide bonds. The highest BCUT2D eigenvalue weighted by Crippen LogP contribution is 2.30. The Hall–Kier alpha value is -1.94. The van der Waals surface area contributed by atoms with E-state index in [1.54, 1.807) is 11.3 Å². The van der Waals surface area contributed by atoms with Gasteiger partial charge in [-0.15, -0.1) is 11.3 Å². The smallest absolute Gasteiger partial charge is 0.163 e. The highest BCUT2D eigenvalue weighted by molar-refractivity contribution is 7.18. The van der Waals surface area contributed by atoms with E-state index >= 15 is 0 Å². The quantitative estimate of drug-likeness (QED) is 0.766. The minimum absolute atomic E-state index is 0.790. The number of hydrogen-bond acceptors (Lipinski definition) is 4. The van der Waals surface area contributed by atoms with Crippen molar-refractivity contribution in [3.05, 3.63) is 41.3 Å². The molecule has 102 valence electrons. The van der Waals surface area contributed by atoms with Gasteiger partial charge in [-0.2, -0.15) is 0 Å². The molecule has 3 nitrogen and oxygen atoms in total. The zero-order valence-corrected chi connectivity index (χ0v) is 12.5. The number of thiophene rings is 1. The Morgan fingerprint density at radius 1 is 1.15 bits per heavy atom. The third kappa shape index (κ3) is 2.51. The predicted molar refractivity (Wildman–Crippen MR) is 86.4 cm³/mol. The molecule has 0 spiro atoms. The van der Waals surface area contributed by atoms with E-state index in [1.165, 1.54) is 4.88 Å². The van der Waals surface area contributed by atoms with Crippen LogP contribution in [0.5, 0.6) is 0 Å². The first-order valence-electron chi connectivity index (χ1n) is 6.85. The van der Waals surface area contributed by atoms with Crippen LogP contribution in [0.2, 0.25) is 0 Å². The van der Waals surface area contributed by atoms with Gasteiger partial charge in [0.15, 0.2) is 5.82 Å². The van der Waals surface area contributed by atoms with E-state index in [4.69, 9.17) is 9.97 Å². The van der Waals surface area contributed by atoms with Gasteiger partial charge < -0.3 is 5.32 Å². The van der Waals surface area contributed by atoms with E-state index in [9.17, 15) is 0 Å². The van der Waals surface area contributed by atoms with Crippen molar-refractivity contribution in [2.24, 2.45) is 0 Å². The van der Waals surface area contributed by atoms with Crippen LogP contribution in [0.25, 0.3) is 21.6 Å². The third-order valence-corrected chi connectivity index (χ3v) is 4.03. The summed E-state index contributed by atoms with van der Waals surface area (Å²) < 4.78 is 0. The molecule has 0 saturated heterocycles. The van der Waals surface area contributed by atoms with Crippen molar-refractivity contribution in [2.75, 3.05) is 11.9 Å². The molecule has 1 N–H and O–H groups in total. The van der Waals surface area contributed by atoms with Crippen molar-refractivity contribution in [2.45, 2.75) is 20.3 Å². The fourth-order valence-electron chi connectivity index (χ4n) is 2.14. The molecule has 0 atom stereocenters. The zero-order chi connectivity index (χ0) is 13.9. The van der Waals surface area contributed by atoms with Crippen molar-refractivity contribution < 1.29 is 0 Å². The van der Waals surface area contributed by atoms with Crippen LogP contribution in [-0.2, 0) is 0 Å². The zero-order valence-electron chi connectivity index (χ0n) is 11.7. The van der Waals surface area contributed by atoms with Crippen LogP contribution in [-0.4, -0.2) is 16.5 Å². The van der Waals surface area contributed by atoms with Crippen LogP contribution in [0.1, 0.15) is 18.2 Å². The molecule has 3 rings (SSSR count). The minimum Gasteiger partial charge on any atom is -0.369 e. The number of fused-ring (bicyclic) bond motifs is 1. The lowest BCUT2D eigenvalue weighted by Crippen LogP contribution is -2.03. The number of nitrogens with one attached hydrogen (secondary N) is 1. The van der Waals surface area contributed by atoms with E-state index in [1.807, 2.05) is 30.3 Å². The van der Waals surface area contributed by atoms with Gasteiger partial charge in [0.1, 0.15) is 10.6 Å². The summed E-state index contributed by atoms with van der Waals surface area (Å²) in [7, 11) is 0. The first-order valence-corrected chi connectivity index (χ1v) is 7.67. The van der Waals surface area contributed by atoms with E-state index in [-0.39, 0.29) is 0 Å². The number of aromatic nitrogens is 2. The van der Waals surface area contributed by atoms with Crippen LogP contribution in [0.15, 0.2) is 36.4 Å². The number of benzene rings is 1. The van der Waals surface area contributed by atoms with Crippen LogP contribution >= 0.6 is 11.3 Å². The minimum atomic E-state index is 0.790. The molecule has 0 unspecified atom stereocenters. The SMILES string of the molecule is CCCNc1nc(-c2ccccc2)nc2sc(C)cc12. The average Bonchev–Trinajstić information content (AvgIpc) is 2.86. The average molecular weight is 283 g/mol. The molecule has 1 aromatic carbocycles. The van der Waals surface area contributed by atoms with Crippen molar-refractivity contribution in [3.8, 4) is 11.4 Å². The van der Waals surface area contributed by atoms with Gasteiger partial charge in [0, 0.05) is 17.0 Å². The molecule has 3 aromatic rings. The Morgan fingerprint density at radius 2 is 1.95 bits per heavy atom. The molecule has 0 aliphatic carbocycles. The van der Waals surface area contributed by atoms with E-state index in [0.717, 1.165) is 40.4 Å². The largest absolute Gasteiger partial charge is 0.369 e. The van der Waals surface area contributed by atoms with Crippen LogP contribution in [0.4, 0.5) is 5.82 Å². The molecule has 2 heterocycles. The summed E-state index contributed by atoms with van der Waals surface area (Å²) in [5.41, 5.74) is 1.06. The molecule has 0 aliphatic heterocycles. The summed E-state index contributed by atoms with van der Waals surface area (Å²) >= 11 is 1.72. The summed E-state index contributed by atoms with van der Waals surface area (Å²) in [6.07, 6.45) is 1.08. The van der Waals surface area contributed by atoms with E-state index < -0.39 is 0 Å². The standard InChI is InChI=1S/C16H17N3S/c1-3-9-17-15-13-10-11(2)20-16(13)19-14(18-15)12-7-5-4-6-8-12/h4-8,10H,3,9H2,1-2H3,(H,17,18,19). The van der Waals surface area contributed by atoms with Crippen molar-refractivity contribution in [1.29, 1.82) is 0 Å². The second-order valence-electron chi connectivity index (χ2n) is 4.76. The van der Waals surface area contributed by atoms with E-state index in [2.05, 4.69) is 25.2 Å². The normalized spacial score (nSPS) is 10.9. The second-order valence-corrected chi connectivity index (χ2v) is 6.00. The molecular weight excluding hydrogens is 266 g/mol. The number of aryl methyl sites for hydroxylation is 1. The molecular formula is C16H17N3S. The number of nitrogens with zero attached hydrogens (tertiary/aromatic N) is 2. The first-order chi connectivity index (χ1) is 9.78. The summed E-state index contributed by atoms with van der Waals surface area (Å²) in [6.45, 7) is 5.19. The highest BCUT2D eigenvalue weighted by Gasteiger charge is 2.11. The molecule has 0 aliphatic rings. The Bertz CT molecular complexity index is 719. The molecule has 2 aromatic heterocycles. The van der Waals surface area contributed by atoms with Gasteiger partial charge >= 0.3 is 0 Å². The van der Waals surface area contributed by atoms with Crippen LogP contribution < -0.4 is 5.32 Å². The number of hydrogen-bond donors (Lipinski definition) is 1. The predicted octanol–water partition coefficient (Wildman–Crippen LogP) is 4.49. The van der Waals surface area contributed by atoms with Crippen molar-refractivity contribution in [1.82, 2.24) is 9.97 Å². The maximum Gasteiger partial charge on any atom is 0.163 e. The van der Waals surface area contributed by atoms with Gasteiger partial charge in [-0.1, -0.05) is 37.3 Å². The van der Waals surface area contributed by atoms with Gasteiger partial charge in [-0.3, -0.25) is 0 Å².